The molecule has 4 N–H and O–H groups in total. The Labute approximate surface area is 114 Å². The molecule has 2 rings (SSSR count). The lowest BCUT2D eigenvalue weighted by Gasteiger charge is -2.19. The number of benzene rings is 1. The van der Waals surface area contributed by atoms with Crippen LogP contribution in [0.25, 0.3) is 0 Å². The molecule has 0 heterocycles. The van der Waals surface area contributed by atoms with E-state index in [1.165, 1.54) is 12.8 Å². The topological polar surface area (TPSA) is 67.2 Å². The summed E-state index contributed by atoms with van der Waals surface area (Å²) in [5, 5.41) is 6.09. The van der Waals surface area contributed by atoms with E-state index in [2.05, 4.69) is 24.5 Å². The number of hydrogen-bond donors (Lipinski definition) is 3. The van der Waals surface area contributed by atoms with Crippen LogP contribution in [0.5, 0.6) is 0 Å². The van der Waals surface area contributed by atoms with E-state index in [1.54, 1.807) is 19.2 Å². The van der Waals surface area contributed by atoms with Gasteiger partial charge in [0.2, 0.25) is 0 Å². The van der Waals surface area contributed by atoms with Crippen molar-refractivity contribution in [2.45, 2.75) is 39.2 Å². The Morgan fingerprint density at radius 1 is 1.42 bits per heavy atom. The van der Waals surface area contributed by atoms with Gasteiger partial charge in [-0.3, -0.25) is 4.79 Å². The lowest BCUT2D eigenvalue weighted by molar-refractivity contribution is 0.0963. The number of carbonyl (C=O) groups is 1. The first-order chi connectivity index (χ1) is 8.91. The zero-order valence-corrected chi connectivity index (χ0v) is 11.9. The highest BCUT2D eigenvalue weighted by atomic mass is 16.1. The third kappa shape index (κ3) is 3.19. The molecule has 0 radical (unpaired) electrons. The van der Waals surface area contributed by atoms with Gasteiger partial charge in [-0.2, -0.15) is 0 Å². The van der Waals surface area contributed by atoms with Gasteiger partial charge < -0.3 is 16.4 Å². The second-order valence-corrected chi connectivity index (χ2v) is 6.13. The van der Waals surface area contributed by atoms with Gasteiger partial charge in [-0.05, 0) is 42.9 Å². The molecule has 0 bridgehead atoms. The molecular weight excluding hydrogens is 238 g/mol. The Morgan fingerprint density at radius 2 is 2.16 bits per heavy atom. The minimum absolute atomic E-state index is 0.111. The van der Waals surface area contributed by atoms with Crippen LogP contribution < -0.4 is 16.4 Å². The summed E-state index contributed by atoms with van der Waals surface area (Å²) in [6.45, 7) is 4.60. The van der Waals surface area contributed by atoms with Crippen molar-refractivity contribution in [3.05, 3.63) is 23.8 Å². The van der Waals surface area contributed by atoms with Crippen LogP contribution in [-0.2, 0) is 0 Å². The van der Waals surface area contributed by atoms with Crippen molar-refractivity contribution in [3.8, 4) is 0 Å². The number of anilines is 2. The van der Waals surface area contributed by atoms with Crippen molar-refractivity contribution < 1.29 is 4.79 Å². The van der Waals surface area contributed by atoms with Crippen LogP contribution in [0.3, 0.4) is 0 Å². The molecule has 1 fully saturated rings. The average Bonchev–Trinajstić information content (AvgIpc) is 2.70. The summed E-state index contributed by atoms with van der Waals surface area (Å²) in [5.41, 5.74) is 8.58. The molecule has 4 nitrogen and oxygen atoms in total. The number of rotatable bonds is 3. The highest BCUT2D eigenvalue weighted by Gasteiger charge is 2.30. The summed E-state index contributed by atoms with van der Waals surface area (Å²) in [6.07, 6.45) is 3.56. The molecule has 1 aromatic carbocycles. The Kier molecular flexibility index (Phi) is 3.69. The number of nitrogens with two attached hydrogens (primary N) is 1. The van der Waals surface area contributed by atoms with E-state index in [1.807, 2.05) is 6.07 Å². The van der Waals surface area contributed by atoms with Crippen LogP contribution in [0.4, 0.5) is 11.4 Å². The predicted octanol–water partition coefficient (Wildman–Crippen LogP) is 2.62. The van der Waals surface area contributed by atoms with Crippen molar-refractivity contribution in [3.63, 3.8) is 0 Å². The standard InChI is InChI=1S/C15H23N3O/c1-15(2)7-6-11(9-15)18-13-5-4-10(8-12(13)16)14(19)17-3/h4-5,8,11,18H,6-7,9,16H2,1-3H3,(H,17,19). The molecule has 19 heavy (non-hydrogen) atoms. The minimum atomic E-state index is -0.111. The number of nitrogens with one attached hydrogen (secondary N) is 2. The first-order valence-electron chi connectivity index (χ1n) is 6.79. The van der Waals surface area contributed by atoms with Gasteiger partial charge in [0, 0.05) is 18.7 Å². The summed E-state index contributed by atoms with van der Waals surface area (Å²) >= 11 is 0. The van der Waals surface area contributed by atoms with Crippen molar-refractivity contribution in [2.75, 3.05) is 18.1 Å². The molecule has 1 aromatic rings. The van der Waals surface area contributed by atoms with Crippen molar-refractivity contribution in [2.24, 2.45) is 5.41 Å². The SMILES string of the molecule is CNC(=O)c1ccc(NC2CCC(C)(C)C2)c(N)c1. The Morgan fingerprint density at radius 3 is 2.68 bits per heavy atom. The molecule has 4 heteroatoms. The van der Waals surface area contributed by atoms with Crippen LogP contribution in [0.1, 0.15) is 43.5 Å². The fraction of sp³-hybridized carbons (Fsp3) is 0.533. The highest BCUT2D eigenvalue weighted by Crippen LogP contribution is 2.38. The second kappa shape index (κ2) is 5.11. The summed E-state index contributed by atoms with van der Waals surface area (Å²) < 4.78 is 0. The minimum Gasteiger partial charge on any atom is -0.397 e. The van der Waals surface area contributed by atoms with E-state index >= 15 is 0 Å². The fourth-order valence-electron chi connectivity index (χ4n) is 2.76. The molecule has 104 valence electrons. The Bertz CT molecular complexity index is 482. The van der Waals surface area contributed by atoms with Crippen LogP contribution in [-0.4, -0.2) is 19.0 Å². The molecule has 0 aromatic heterocycles. The summed E-state index contributed by atoms with van der Waals surface area (Å²) in [5.74, 6) is -0.111. The van der Waals surface area contributed by atoms with Crippen molar-refractivity contribution in [1.82, 2.24) is 5.32 Å². The summed E-state index contributed by atoms with van der Waals surface area (Å²) in [4.78, 5) is 11.5. The van der Waals surface area contributed by atoms with Gasteiger partial charge in [0.05, 0.1) is 11.4 Å². The zero-order valence-electron chi connectivity index (χ0n) is 11.9. The Hall–Kier alpha value is -1.71. The molecule has 1 atom stereocenters. The van der Waals surface area contributed by atoms with Crippen LogP contribution in [0.2, 0.25) is 0 Å². The van der Waals surface area contributed by atoms with E-state index in [9.17, 15) is 4.79 Å². The van der Waals surface area contributed by atoms with E-state index in [0.29, 0.717) is 22.7 Å². The molecule has 1 unspecified atom stereocenters. The zero-order chi connectivity index (χ0) is 14.0. The maximum atomic E-state index is 11.5. The largest absolute Gasteiger partial charge is 0.397 e. The van der Waals surface area contributed by atoms with Crippen molar-refractivity contribution in [1.29, 1.82) is 0 Å². The van der Waals surface area contributed by atoms with Crippen LogP contribution in [0.15, 0.2) is 18.2 Å². The molecule has 1 aliphatic rings. The van der Waals surface area contributed by atoms with Gasteiger partial charge in [-0.1, -0.05) is 13.8 Å². The smallest absolute Gasteiger partial charge is 0.251 e. The van der Waals surface area contributed by atoms with E-state index < -0.39 is 0 Å². The fourth-order valence-corrected chi connectivity index (χ4v) is 2.76. The maximum absolute atomic E-state index is 11.5. The van der Waals surface area contributed by atoms with Gasteiger partial charge in [-0.15, -0.1) is 0 Å². The van der Waals surface area contributed by atoms with E-state index in [-0.39, 0.29) is 5.91 Å². The number of carbonyl (C=O) groups excluding carboxylic acids is 1. The number of amides is 1. The first-order valence-corrected chi connectivity index (χ1v) is 6.79. The number of hydrogen-bond acceptors (Lipinski definition) is 3. The maximum Gasteiger partial charge on any atom is 0.251 e. The third-order valence-electron chi connectivity index (χ3n) is 3.87. The van der Waals surface area contributed by atoms with Crippen LogP contribution in [0, 0.1) is 5.41 Å². The Balaban J connectivity index is 2.08. The van der Waals surface area contributed by atoms with Gasteiger partial charge in [0.25, 0.3) is 5.91 Å². The van der Waals surface area contributed by atoms with E-state index in [4.69, 9.17) is 5.73 Å². The monoisotopic (exact) mass is 261 g/mol. The van der Waals surface area contributed by atoms with Gasteiger partial charge >= 0.3 is 0 Å². The predicted molar refractivity (Wildman–Crippen MR) is 79.3 cm³/mol. The quantitative estimate of drug-likeness (QED) is 0.733. The van der Waals surface area contributed by atoms with Gasteiger partial charge in [0.1, 0.15) is 0 Å². The van der Waals surface area contributed by atoms with Crippen LogP contribution >= 0.6 is 0 Å². The summed E-state index contributed by atoms with van der Waals surface area (Å²) in [6, 6.07) is 5.90. The lowest BCUT2D eigenvalue weighted by Crippen LogP contribution is -2.20. The lowest BCUT2D eigenvalue weighted by atomic mass is 9.92. The average molecular weight is 261 g/mol. The summed E-state index contributed by atoms with van der Waals surface area (Å²) in [7, 11) is 1.62. The molecular formula is C15H23N3O. The molecule has 1 saturated carbocycles. The second-order valence-electron chi connectivity index (χ2n) is 6.13. The molecule has 0 aliphatic heterocycles. The van der Waals surface area contributed by atoms with Crippen molar-refractivity contribution >= 4 is 17.3 Å². The third-order valence-corrected chi connectivity index (χ3v) is 3.87. The number of nitrogen functional groups attached to an aromatic ring is 1. The van der Waals surface area contributed by atoms with E-state index in [0.717, 1.165) is 12.1 Å². The normalized spacial score (nSPS) is 21.1. The molecule has 1 amide bonds. The molecule has 1 aliphatic carbocycles. The molecule has 0 spiro atoms. The molecule has 0 saturated heterocycles. The first kappa shape index (κ1) is 13.7. The van der Waals surface area contributed by atoms with Gasteiger partial charge in [-0.25, -0.2) is 0 Å². The highest BCUT2D eigenvalue weighted by molar-refractivity contribution is 5.95. The van der Waals surface area contributed by atoms with Gasteiger partial charge in [0.15, 0.2) is 0 Å².